The summed E-state index contributed by atoms with van der Waals surface area (Å²) in [6.45, 7) is 1.01. The maximum atomic E-state index is 12.4. The van der Waals surface area contributed by atoms with Crippen LogP contribution in [0.15, 0.2) is 35.2 Å². The smallest absolute Gasteiger partial charge is 0.242 e. The zero-order chi connectivity index (χ0) is 18.0. The van der Waals surface area contributed by atoms with Gasteiger partial charge in [-0.05, 0) is 18.6 Å². The van der Waals surface area contributed by atoms with E-state index < -0.39 is 9.84 Å². The Morgan fingerprint density at radius 3 is 2.64 bits per heavy atom. The highest BCUT2D eigenvalue weighted by molar-refractivity contribution is 7.91. The Bertz CT molecular complexity index is 750. The zero-order valence-electron chi connectivity index (χ0n) is 14.1. The average Bonchev–Trinajstić information content (AvgIpc) is 3.04. The van der Waals surface area contributed by atoms with E-state index in [9.17, 15) is 18.0 Å². The van der Waals surface area contributed by atoms with Crippen molar-refractivity contribution in [2.24, 2.45) is 0 Å². The fourth-order valence-corrected chi connectivity index (χ4v) is 4.66. The first-order chi connectivity index (χ1) is 11.9. The van der Waals surface area contributed by atoms with Crippen LogP contribution in [-0.2, 0) is 24.2 Å². The van der Waals surface area contributed by atoms with Crippen molar-refractivity contribution in [3.63, 3.8) is 0 Å². The largest absolute Gasteiger partial charge is 0.380 e. The van der Waals surface area contributed by atoms with Gasteiger partial charge >= 0.3 is 0 Å². The van der Waals surface area contributed by atoms with Gasteiger partial charge in [0, 0.05) is 26.6 Å². The number of hydrogen-bond donors (Lipinski definition) is 0. The van der Waals surface area contributed by atoms with Crippen molar-refractivity contribution in [2.45, 2.75) is 29.9 Å². The Kier molecular flexibility index (Phi) is 5.10. The van der Waals surface area contributed by atoms with Crippen LogP contribution in [0.25, 0.3) is 0 Å². The Balaban J connectivity index is 1.60. The molecular weight excluding hydrogens is 344 g/mol. The second kappa shape index (κ2) is 7.13. The fraction of sp³-hybridized carbons (Fsp3) is 0.529. The molecule has 0 aromatic heterocycles. The summed E-state index contributed by atoms with van der Waals surface area (Å²) in [6.07, 6.45) is 0.585. The molecular formula is C17H22N2O5S. The van der Waals surface area contributed by atoms with E-state index in [1.54, 1.807) is 30.2 Å². The van der Waals surface area contributed by atoms with Crippen molar-refractivity contribution in [1.29, 1.82) is 0 Å². The van der Waals surface area contributed by atoms with Crippen molar-refractivity contribution < 1.29 is 22.7 Å². The molecule has 0 bridgehead atoms. The molecule has 2 aliphatic heterocycles. The lowest BCUT2D eigenvalue weighted by molar-refractivity contribution is -0.146. The van der Waals surface area contributed by atoms with Crippen LogP contribution in [-0.4, -0.2) is 74.7 Å². The molecule has 136 valence electrons. The highest BCUT2D eigenvalue weighted by Crippen LogP contribution is 2.25. The molecule has 7 nitrogen and oxygen atoms in total. The van der Waals surface area contributed by atoms with Crippen molar-refractivity contribution in [3.05, 3.63) is 30.3 Å². The Morgan fingerprint density at radius 2 is 1.96 bits per heavy atom. The summed E-state index contributed by atoms with van der Waals surface area (Å²) in [5.41, 5.74) is 0. The Hall–Kier alpha value is -1.93. The number of hydrogen-bond acceptors (Lipinski definition) is 5. The van der Waals surface area contributed by atoms with Gasteiger partial charge in [0.25, 0.3) is 0 Å². The first-order valence-corrected chi connectivity index (χ1v) is 9.94. The molecule has 2 heterocycles. The number of methoxy groups -OCH3 is 1. The van der Waals surface area contributed by atoms with Gasteiger partial charge in [-0.15, -0.1) is 0 Å². The van der Waals surface area contributed by atoms with Gasteiger partial charge in [0.1, 0.15) is 0 Å². The number of rotatable bonds is 5. The maximum Gasteiger partial charge on any atom is 0.242 e. The molecule has 2 amide bonds. The summed E-state index contributed by atoms with van der Waals surface area (Å²) in [5, 5.41) is 0. The van der Waals surface area contributed by atoms with Crippen LogP contribution in [0.4, 0.5) is 0 Å². The monoisotopic (exact) mass is 366 g/mol. The van der Waals surface area contributed by atoms with E-state index in [0.717, 1.165) is 0 Å². The molecule has 1 aromatic rings. The van der Waals surface area contributed by atoms with Crippen LogP contribution in [0.1, 0.15) is 12.8 Å². The molecule has 3 rings (SSSR count). The third-order valence-electron chi connectivity index (χ3n) is 4.83. The van der Waals surface area contributed by atoms with Crippen LogP contribution in [0.2, 0.25) is 0 Å². The minimum absolute atomic E-state index is 0.00228. The van der Waals surface area contributed by atoms with Gasteiger partial charge in [0.15, 0.2) is 9.84 Å². The van der Waals surface area contributed by atoms with Crippen LogP contribution in [0, 0.1) is 0 Å². The van der Waals surface area contributed by atoms with Crippen molar-refractivity contribution >= 4 is 21.7 Å². The van der Waals surface area contributed by atoms with E-state index in [0.29, 0.717) is 19.5 Å². The highest BCUT2D eigenvalue weighted by Gasteiger charge is 2.41. The molecule has 2 fully saturated rings. The summed E-state index contributed by atoms with van der Waals surface area (Å²) >= 11 is 0. The second-order valence-corrected chi connectivity index (χ2v) is 8.56. The second-order valence-electron chi connectivity index (χ2n) is 6.45. The van der Waals surface area contributed by atoms with Gasteiger partial charge in [-0.2, -0.15) is 0 Å². The van der Waals surface area contributed by atoms with E-state index in [1.165, 1.54) is 17.0 Å². The number of carbonyl (C=O) groups excluding carboxylic acids is 2. The molecule has 2 aliphatic rings. The molecule has 0 spiro atoms. The number of carbonyl (C=O) groups is 2. The van der Waals surface area contributed by atoms with Crippen LogP contribution in [0.5, 0.6) is 0 Å². The topological polar surface area (TPSA) is 84.0 Å². The van der Waals surface area contributed by atoms with Crippen LogP contribution >= 0.6 is 0 Å². The Labute approximate surface area is 147 Å². The first-order valence-electron chi connectivity index (χ1n) is 8.28. The molecule has 8 heteroatoms. The van der Waals surface area contributed by atoms with Gasteiger partial charge < -0.3 is 14.5 Å². The average molecular weight is 366 g/mol. The molecule has 0 saturated carbocycles. The van der Waals surface area contributed by atoms with Gasteiger partial charge in [-0.25, -0.2) is 8.42 Å². The summed E-state index contributed by atoms with van der Waals surface area (Å²) in [4.78, 5) is 28.1. The van der Waals surface area contributed by atoms with Crippen molar-refractivity contribution in [2.75, 3.05) is 32.5 Å². The highest BCUT2D eigenvalue weighted by atomic mass is 32.2. The molecule has 0 radical (unpaired) electrons. The van der Waals surface area contributed by atoms with Gasteiger partial charge in [0.05, 0.1) is 29.3 Å². The number of nitrogens with zero attached hydrogens (tertiary/aromatic N) is 2. The third kappa shape index (κ3) is 3.85. The molecule has 0 aliphatic carbocycles. The predicted molar refractivity (Wildman–Crippen MR) is 90.6 cm³/mol. The number of fused-ring (bicyclic) bond motifs is 1. The van der Waals surface area contributed by atoms with Crippen molar-refractivity contribution in [1.82, 2.24) is 9.80 Å². The molecule has 2 atom stereocenters. The molecule has 0 unspecified atom stereocenters. The zero-order valence-corrected chi connectivity index (χ0v) is 14.9. The SMILES string of the molecule is CO[C@H]1C[C@H]2CN(C(=O)CCS(=O)(=O)c3ccccc3)CC(=O)N2C1. The number of amides is 2. The lowest BCUT2D eigenvalue weighted by atomic mass is 10.1. The lowest BCUT2D eigenvalue weighted by Gasteiger charge is -2.36. The molecule has 25 heavy (non-hydrogen) atoms. The summed E-state index contributed by atoms with van der Waals surface area (Å²) in [5.74, 6) is -0.654. The molecule has 2 saturated heterocycles. The Morgan fingerprint density at radius 1 is 1.24 bits per heavy atom. The lowest BCUT2D eigenvalue weighted by Crippen LogP contribution is -2.55. The minimum Gasteiger partial charge on any atom is -0.380 e. The number of piperazine rings is 1. The summed E-state index contributed by atoms with van der Waals surface area (Å²) in [7, 11) is -1.88. The number of sulfone groups is 1. The fourth-order valence-electron chi connectivity index (χ4n) is 3.41. The normalized spacial score (nSPS) is 23.6. The third-order valence-corrected chi connectivity index (χ3v) is 6.56. The van der Waals surface area contributed by atoms with E-state index in [2.05, 4.69) is 0 Å². The predicted octanol–water partition coefficient (Wildman–Crippen LogP) is 0.308. The maximum absolute atomic E-state index is 12.4. The van der Waals surface area contributed by atoms with Gasteiger partial charge in [-0.1, -0.05) is 18.2 Å². The van der Waals surface area contributed by atoms with Crippen LogP contribution < -0.4 is 0 Å². The van der Waals surface area contributed by atoms with E-state index in [1.807, 2.05) is 0 Å². The van der Waals surface area contributed by atoms with Gasteiger partial charge in [0.2, 0.25) is 11.8 Å². The quantitative estimate of drug-likeness (QED) is 0.749. The van der Waals surface area contributed by atoms with E-state index >= 15 is 0 Å². The minimum atomic E-state index is -3.50. The van der Waals surface area contributed by atoms with Crippen LogP contribution in [0.3, 0.4) is 0 Å². The van der Waals surface area contributed by atoms with E-state index in [4.69, 9.17) is 4.74 Å². The first kappa shape index (κ1) is 17.9. The molecule has 1 aromatic carbocycles. The standard InChI is InChI=1S/C17H22N2O5S/c1-24-14-9-13-10-18(12-17(21)19(13)11-14)16(20)7-8-25(22,23)15-5-3-2-4-6-15/h2-6,13-14H,7-12H2,1H3/t13-,14-/m0/s1. The summed E-state index contributed by atoms with van der Waals surface area (Å²) < 4.78 is 29.9. The molecule has 0 N–H and O–H groups in total. The van der Waals surface area contributed by atoms with E-state index in [-0.39, 0.29) is 47.6 Å². The van der Waals surface area contributed by atoms with Gasteiger partial charge in [-0.3, -0.25) is 9.59 Å². The van der Waals surface area contributed by atoms with Crippen molar-refractivity contribution in [3.8, 4) is 0 Å². The number of benzene rings is 1. The number of ether oxygens (including phenoxy) is 1. The summed E-state index contributed by atoms with van der Waals surface area (Å²) in [6, 6.07) is 8.04.